The van der Waals surface area contributed by atoms with E-state index in [1.807, 2.05) is 6.92 Å². The molecule has 1 heterocycles. The van der Waals surface area contributed by atoms with Crippen molar-refractivity contribution in [2.45, 2.75) is 31.8 Å². The second-order valence-electron chi connectivity index (χ2n) is 4.48. The van der Waals surface area contributed by atoms with Crippen molar-refractivity contribution >= 4 is 5.91 Å². The van der Waals surface area contributed by atoms with Crippen LogP contribution in [0.1, 0.15) is 31.4 Å². The summed E-state index contributed by atoms with van der Waals surface area (Å²) < 4.78 is 12.8. The lowest BCUT2D eigenvalue weighted by Crippen LogP contribution is -2.36. The lowest BCUT2D eigenvalue weighted by molar-refractivity contribution is -0.119. The fourth-order valence-corrected chi connectivity index (χ4v) is 2.02. The summed E-state index contributed by atoms with van der Waals surface area (Å²) in [5, 5.41) is 6.25. The van der Waals surface area contributed by atoms with Gasteiger partial charge in [-0.05, 0) is 31.0 Å². The van der Waals surface area contributed by atoms with Crippen molar-refractivity contribution in [2.75, 3.05) is 6.54 Å². The maximum Gasteiger partial charge on any atom is 0.220 e. The van der Waals surface area contributed by atoms with Crippen molar-refractivity contribution in [1.29, 1.82) is 0 Å². The van der Waals surface area contributed by atoms with Gasteiger partial charge in [0.1, 0.15) is 5.82 Å². The third-order valence-corrected chi connectivity index (χ3v) is 3.13. The summed E-state index contributed by atoms with van der Waals surface area (Å²) in [5.74, 6) is -0.0877. The van der Waals surface area contributed by atoms with Crippen LogP contribution in [0.15, 0.2) is 24.3 Å². The van der Waals surface area contributed by atoms with Crippen LogP contribution in [0.3, 0.4) is 0 Å². The lowest BCUT2D eigenvalue weighted by atomic mass is 10.1. The Morgan fingerprint density at radius 3 is 2.76 bits per heavy atom. The van der Waals surface area contributed by atoms with Crippen molar-refractivity contribution in [3.05, 3.63) is 35.6 Å². The largest absolute Gasteiger partial charge is 0.352 e. The van der Waals surface area contributed by atoms with Gasteiger partial charge >= 0.3 is 0 Å². The molecule has 0 spiro atoms. The minimum Gasteiger partial charge on any atom is -0.352 e. The number of carbonyl (C=O) groups is 1. The minimum absolute atomic E-state index is 0.131. The summed E-state index contributed by atoms with van der Waals surface area (Å²) in [6, 6.07) is 6.87. The van der Waals surface area contributed by atoms with Crippen molar-refractivity contribution < 1.29 is 9.18 Å². The zero-order chi connectivity index (χ0) is 12.3. The van der Waals surface area contributed by atoms with Crippen LogP contribution >= 0.6 is 0 Å². The van der Waals surface area contributed by atoms with E-state index in [0.29, 0.717) is 6.42 Å². The smallest absolute Gasteiger partial charge is 0.220 e. The molecule has 0 aromatic heterocycles. The van der Waals surface area contributed by atoms with Crippen LogP contribution in [0.25, 0.3) is 0 Å². The highest BCUT2D eigenvalue weighted by Gasteiger charge is 2.20. The van der Waals surface area contributed by atoms with Gasteiger partial charge in [-0.2, -0.15) is 0 Å². The molecule has 3 nitrogen and oxygen atoms in total. The number of hydrogen-bond acceptors (Lipinski definition) is 2. The number of carbonyl (C=O) groups excluding carboxylic acids is 1. The Kier molecular flexibility index (Phi) is 3.74. The first kappa shape index (κ1) is 12.0. The predicted molar refractivity (Wildman–Crippen MR) is 64.0 cm³/mol. The van der Waals surface area contributed by atoms with E-state index in [1.165, 1.54) is 12.1 Å². The van der Waals surface area contributed by atoms with E-state index < -0.39 is 0 Å². The molecule has 1 saturated heterocycles. The summed E-state index contributed by atoms with van der Waals surface area (Å²) in [6.07, 6.45) is 1.51. The highest BCUT2D eigenvalue weighted by atomic mass is 19.1. The average Bonchev–Trinajstić information content (AvgIpc) is 2.73. The van der Waals surface area contributed by atoms with Gasteiger partial charge in [0.15, 0.2) is 0 Å². The summed E-state index contributed by atoms with van der Waals surface area (Å²) in [4.78, 5) is 11.0. The lowest BCUT2D eigenvalue weighted by Gasteiger charge is -2.17. The maximum atomic E-state index is 12.8. The van der Waals surface area contributed by atoms with Gasteiger partial charge in [0, 0.05) is 25.0 Å². The number of hydrogen-bond donors (Lipinski definition) is 2. The number of halogens is 1. The Morgan fingerprint density at radius 1 is 1.47 bits per heavy atom. The Bertz CT molecular complexity index is 391. The first-order valence-electron chi connectivity index (χ1n) is 5.93. The van der Waals surface area contributed by atoms with Crippen LogP contribution in [0.4, 0.5) is 4.39 Å². The second-order valence-corrected chi connectivity index (χ2v) is 4.48. The number of amides is 1. The van der Waals surface area contributed by atoms with Gasteiger partial charge < -0.3 is 10.6 Å². The molecular formula is C13H17FN2O. The summed E-state index contributed by atoms with van der Waals surface area (Å²) >= 11 is 0. The fraction of sp³-hybridized carbons (Fsp3) is 0.462. The van der Waals surface area contributed by atoms with Crippen LogP contribution < -0.4 is 10.6 Å². The molecule has 0 aliphatic carbocycles. The molecule has 2 rings (SSSR count). The molecule has 1 aliphatic heterocycles. The number of rotatable bonds is 4. The Morgan fingerprint density at radius 2 is 2.18 bits per heavy atom. The molecule has 0 radical (unpaired) electrons. The molecule has 1 aliphatic rings. The molecule has 1 aromatic rings. The van der Waals surface area contributed by atoms with Crippen molar-refractivity contribution in [2.24, 2.45) is 0 Å². The highest BCUT2D eigenvalue weighted by Crippen LogP contribution is 2.13. The highest BCUT2D eigenvalue weighted by molar-refractivity contribution is 5.78. The zero-order valence-corrected chi connectivity index (χ0v) is 9.87. The summed E-state index contributed by atoms with van der Waals surface area (Å²) in [6.45, 7) is 2.79. The third kappa shape index (κ3) is 3.27. The van der Waals surface area contributed by atoms with E-state index in [-0.39, 0.29) is 23.8 Å². The van der Waals surface area contributed by atoms with Crippen molar-refractivity contribution in [3.8, 4) is 0 Å². The maximum absolute atomic E-state index is 12.8. The van der Waals surface area contributed by atoms with Gasteiger partial charge in [-0.1, -0.05) is 12.1 Å². The van der Waals surface area contributed by atoms with Crippen LogP contribution in [-0.2, 0) is 4.79 Å². The van der Waals surface area contributed by atoms with E-state index >= 15 is 0 Å². The predicted octanol–water partition coefficient (Wildman–Crippen LogP) is 1.75. The van der Waals surface area contributed by atoms with Crippen molar-refractivity contribution in [1.82, 2.24) is 10.6 Å². The molecule has 2 N–H and O–H groups in total. The Balaban J connectivity index is 1.82. The normalized spacial score (nSPS) is 21.3. The summed E-state index contributed by atoms with van der Waals surface area (Å²) in [5.41, 5.74) is 1.05. The van der Waals surface area contributed by atoms with Gasteiger partial charge in [-0.3, -0.25) is 4.79 Å². The third-order valence-electron chi connectivity index (χ3n) is 3.13. The molecule has 1 fully saturated rings. The minimum atomic E-state index is -0.219. The Labute approximate surface area is 100 Å². The van der Waals surface area contributed by atoms with Gasteiger partial charge in [-0.15, -0.1) is 0 Å². The quantitative estimate of drug-likeness (QED) is 0.836. The van der Waals surface area contributed by atoms with E-state index in [9.17, 15) is 9.18 Å². The second kappa shape index (κ2) is 5.27. The molecule has 92 valence electrons. The molecule has 2 atom stereocenters. The molecule has 1 unspecified atom stereocenters. The fourth-order valence-electron chi connectivity index (χ4n) is 2.02. The molecule has 17 heavy (non-hydrogen) atoms. The molecule has 4 heteroatoms. The van der Waals surface area contributed by atoms with Gasteiger partial charge in [0.2, 0.25) is 5.91 Å². The van der Waals surface area contributed by atoms with E-state index in [2.05, 4.69) is 10.6 Å². The monoisotopic (exact) mass is 236 g/mol. The zero-order valence-electron chi connectivity index (χ0n) is 9.87. The van der Waals surface area contributed by atoms with Crippen LogP contribution in [-0.4, -0.2) is 18.5 Å². The summed E-state index contributed by atoms with van der Waals surface area (Å²) in [7, 11) is 0. The first-order chi connectivity index (χ1) is 8.15. The average molecular weight is 236 g/mol. The van der Waals surface area contributed by atoms with Gasteiger partial charge in [-0.25, -0.2) is 4.39 Å². The molecular weight excluding hydrogens is 219 g/mol. The molecule has 1 aromatic carbocycles. The van der Waals surface area contributed by atoms with Crippen molar-refractivity contribution in [3.63, 3.8) is 0 Å². The Hall–Kier alpha value is -1.42. The van der Waals surface area contributed by atoms with Gasteiger partial charge in [0.05, 0.1) is 0 Å². The number of nitrogens with one attached hydrogen (secondary N) is 2. The van der Waals surface area contributed by atoms with Crippen LogP contribution in [0, 0.1) is 5.82 Å². The van der Waals surface area contributed by atoms with E-state index in [1.54, 1.807) is 12.1 Å². The molecule has 0 bridgehead atoms. The van der Waals surface area contributed by atoms with Crippen LogP contribution in [0.2, 0.25) is 0 Å². The number of benzene rings is 1. The van der Waals surface area contributed by atoms with Crippen LogP contribution in [0.5, 0.6) is 0 Å². The molecule has 1 amide bonds. The van der Waals surface area contributed by atoms with E-state index in [0.717, 1.165) is 18.5 Å². The van der Waals surface area contributed by atoms with E-state index in [4.69, 9.17) is 0 Å². The topological polar surface area (TPSA) is 41.1 Å². The SMILES string of the molecule is C[C@@H](NCC1CCC(=O)N1)c1ccc(F)cc1. The molecule has 0 saturated carbocycles. The standard InChI is InChI=1S/C13H17FN2O/c1-9(10-2-4-11(14)5-3-10)15-8-12-6-7-13(17)16-12/h2-5,9,12,15H,6-8H2,1H3,(H,16,17)/t9-,12?/m1/s1. The first-order valence-corrected chi connectivity index (χ1v) is 5.93. The van der Waals surface area contributed by atoms with Gasteiger partial charge in [0.25, 0.3) is 0 Å².